The van der Waals surface area contributed by atoms with Gasteiger partial charge >= 0.3 is 5.97 Å². The van der Waals surface area contributed by atoms with Gasteiger partial charge in [-0.3, -0.25) is 0 Å². The minimum absolute atomic E-state index is 0.0529. The van der Waals surface area contributed by atoms with Gasteiger partial charge in [0.2, 0.25) is 0 Å². The number of halogens is 2. The van der Waals surface area contributed by atoms with Gasteiger partial charge in [-0.1, -0.05) is 0 Å². The van der Waals surface area contributed by atoms with Gasteiger partial charge < -0.3 is 5.11 Å². The van der Waals surface area contributed by atoms with Crippen LogP contribution in [0.25, 0.3) is 22.3 Å². The Morgan fingerprint density at radius 1 is 1.14 bits per heavy atom. The van der Waals surface area contributed by atoms with Gasteiger partial charge in [-0.2, -0.15) is 0 Å². The van der Waals surface area contributed by atoms with Gasteiger partial charge in [0.05, 0.1) is 27.5 Å². The Labute approximate surface area is 121 Å². The van der Waals surface area contributed by atoms with Crippen molar-refractivity contribution in [2.75, 3.05) is 0 Å². The average molecular weight is 306 g/mol. The number of aromatic carboxylic acids is 1. The number of rotatable bonds is 2. The summed E-state index contributed by atoms with van der Waals surface area (Å²) in [5, 5.41) is 11.8. The standard InChI is InChI=1S/C14H8F2N2O2S/c1-6-17-13(5-21-6)12-3-8(14(19)20)7-2-9(15)10(16)4-11(7)18-12/h2-5H,1H3,(H,19,20). The van der Waals surface area contributed by atoms with Crippen LogP contribution in [0.3, 0.4) is 0 Å². The predicted octanol–water partition coefficient (Wildman–Crippen LogP) is 3.64. The lowest BCUT2D eigenvalue weighted by molar-refractivity contribution is 0.0699. The first-order valence-electron chi connectivity index (χ1n) is 5.91. The lowest BCUT2D eigenvalue weighted by Gasteiger charge is -2.06. The summed E-state index contributed by atoms with van der Waals surface area (Å²) in [6.07, 6.45) is 0. The van der Waals surface area contributed by atoms with Crippen molar-refractivity contribution >= 4 is 28.2 Å². The fourth-order valence-corrected chi connectivity index (χ4v) is 2.62. The van der Waals surface area contributed by atoms with Gasteiger partial charge in [0.25, 0.3) is 0 Å². The van der Waals surface area contributed by atoms with Gasteiger partial charge in [0, 0.05) is 16.8 Å². The van der Waals surface area contributed by atoms with Crippen LogP contribution < -0.4 is 0 Å². The minimum atomic E-state index is -1.23. The summed E-state index contributed by atoms with van der Waals surface area (Å²) in [7, 11) is 0. The third-order valence-corrected chi connectivity index (χ3v) is 3.74. The summed E-state index contributed by atoms with van der Waals surface area (Å²) in [5.41, 5.74) is 0.760. The molecule has 0 atom stereocenters. The Morgan fingerprint density at radius 3 is 2.48 bits per heavy atom. The molecule has 3 rings (SSSR count). The molecule has 1 aromatic carbocycles. The number of carbonyl (C=O) groups is 1. The van der Waals surface area contributed by atoms with Crippen molar-refractivity contribution in [3.8, 4) is 11.4 Å². The second-order valence-corrected chi connectivity index (χ2v) is 5.46. The Kier molecular flexibility index (Phi) is 3.13. The van der Waals surface area contributed by atoms with E-state index in [0.29, 0.717) is 11.4 Å². The third kappa shape index (κ3) is 2.36. The number of fused-ring (bicyclic) bond motifs is 1. The molecule has 0 spiro atoms. The fraction of sp³-hybridized carbons (Fsp3) is 0.0714. The zero-order valence-electron chi connectivity index (χ0n) is 10.7. The van der Waals surface area contributed by atoms with Gasteiger partial charge in [0.15, 0.2) is 11.6 Å². The number of nitrogens with zero attached hydrogens (tertiary/aromatic N) is 2. The summed E-state index contributed by atoms with van der Waals surface area (Å²) in [6.45, 7) is 1.81. The molecule has 1 N–H and O–H groups in total. The van der Waals surface area contributed by atoms with E-state index in [2.05, 4.69) is 9.97 Å². The largest absolute Gasteiger partial charge is 0.478 e. The molecule has 0 aliphatic heterocycles. The van der Waals surface area contributed by atoms with Crippen molar-refractivity contribution in [3.63, 3.8) is 0 Å². The number of thiazole rings is 1. The number of hydrogen-bond acceptors (Lipinski definition) is 4. The van der Waals surface area contributed by atoms with Crippen molar-refractivity contribution in [1.29, 1.82) is 0 Å². The molecule has 0 unspecified atom stereocenters. The van der Waals surface area contributed by atoms with E-state index in [-0.39, 0.29) is 16.5 Å². The van der Waals surface area contributed by atoms with Crippen molar-refractivity contribution in [2.24, 2.45) is 0 Å². The molecule has 0 aliphatic carbocycles. The Hall–Kier alpha value is -2.41. The van der Waals surface area contributed by atoms with Crippen molar-refractivity contribution in [1.82, 2.24) is 9.97 Å². The number of pyridine rings is 1. The first kappa shape index (κ1) is 13.6. The average Bonchev–Trinajstić information content (AvgIpc) is 2.85. The number of aryl methyl sites for hydroxylation is 1. The second kappa shape index (κ2) is 4.85. The first-order valence-corrected chi connectivity index (χ1v) is 6.79. The molecular weight excluding hydrogens is 298 g/mol. The summed E-state index contributed by atoms with van der Waals surface area (Å²) >= 11 is 1.39. The molecule has 106 valence electrons. The number of carboxylic acid groups (broad SMARTS) is 1. The molecule has 0 amide bonds. The summed E-state index contributed by atoms with van der Waals surface area (Å²) in [5.74, 6) is -3.41. The molecule has 21 heavy (non-hydrogen) atoms. The highest BCUT2D eigenvalue weighted by molar-refractivity contribution is 7.09. The fourth-order valence-electron chi connectivity index (χ4n) is 2.01. The SMILES string of the molecule is Cc1nc(-c2cc(C(=O)O)c3cc(F)c(F)cc3n2)cs1. The molecule has 0 fully saturated rings. The Bertz CT molecular complexity index is 877. The maximum atomic E-state index is 13.3. The van der Waals surface area contributed by atoms with Crippen LogP contribution in [-0.4, -0.2) is 21.0 Å². The molecule has 0 saturated carbocycles. The van der Waals surface area contributed by atoms with Crippen LogP contribution in [0.15, 0.2) is 23.6 Å². The van der Waals surface area contributed by atoms with Crippen LogP contribution in [-0.2, 0) is 0 Å². The molecular formula is C14H8F2N2O2S. The van der Waals surface area contributed by atoms with Gasteiger partial charge in [-0.25, -0.2) is 23.5 Å². The molecule has 3 aromatic rings. The molecule has 0 radical (unpaired) electrons. The lowest BCUT2D eigenvalue weighted by Crippen LogP contribution is -2.01. The van der Waals surface area contributed by atoms with E-state index in [9.17, 15) is 18.7 Å². The van der Waals surface area contributed by atoms with Crippen LogP contribution >= 0.6 is 11.3 Å². The maximum Gasteiger partial charge on any atom is 0.336 e. The third-order valence-electron chi connectivity index (χ3n) is 2.96. The smallest absolute Gasteiger partial charge is 0.336 e. The van der Waals surface area contributed by atoms with E-state index in [1.165, 1.54) is 17.4 Å². The molecule has 2 heterocycles. The van der Waals surface area contributed by atoms with Crippen molar-refractivity contribution < 1.29 is 18.7 Å². The summed E-state index contributed by atoms with van der Waals surface area (Å²) in [4.78, 5) is 19.7. The number of aromatic nitrogens is 2. The van der Waals surface area contributed by atoms with Gasteiger partial charge in [-0.05, 0) is 19.1 Å². The second-order valence-electron chi connectivity index (χ2n) is 4.40. The van der Waals surface area contributed by atoms with Gasteiger partial charge in [0.1, 0.15) is 0 Å². The van der Waals surface area contributed by atoms with Crippen molar-refractivity contribution in [2.45, 2.75) is 6.92 Å². The maximum absolute atomic E-state index is 13.3. The highest BCUT2D eigenvalue weighted by Crippen LogP contribution is 2.27. The molecule has 0 saturated heterocycles. The van der Waals surface area contributed by atoms with E-state index in [1.807, 2.05) is 6.92 Å². The summed E-state index contributed by atoms with van der Waals surface area (Å²) < 4.78 is 26.7. The highest BCUT2D eigenvalue weighted by Gasteiger charge is 2.16. The van der Waals surface area contributed by atoms with E-state index in [4.69, 9.17) is 0 Å². The van der Waals surface area contributed by atoms with Crippen molar-refractivity contribution in [3.05, 3.63) is 45.8 Å². The Balaban J connectivity index is 2.34. The molecule has 2 aromatic heterocycles. The molecule has 7 heteroatoms. The van der Waals surface area contributed by atoms with Crippen LogP contribution in [0.5, 0.6) is 0 Å². The van der Waals surface area contributed by atoms with Crippen LogP contribution in [0, 0.1) is 18.6 Å². The number of hydrogen-bond donors (Lipinski definition) is 1. The monoisotopic (exact) mass is 306 g/mol. The van der Waals surface area contributed by atoms with E-state index in [1.54, 1.807) is 5.38 Å². The normalized spacial score (nSPS) is 11.0. The van der Waals surface area contributed by atoms with E-state index < -0.39 is 17.6 Å². The van der Waals surface area contributed by atoms with E-state index >= 15 is 0 Å². The lowest BCUT2D eigenvalue weighted by atomic mass is 10.1. The molecule has 0 bridgehead atoms. The zero-order valence-corrected chi connectivity index (χ0v) is 11.5. The number of carboxylic acids is 1. The van der Waals surface area contributed by atoms with Gasteiger partial charge in [-0.15, -0.1) is 11.3 Å². The van der Waals surface area contributed by atoms with E-state index in [0.717, 1.165) is 17.1 Å². The summed E-state index contributed by atoms with van der Waals surface area (Å²) in [6, 6.07) is 3.05. The first-order chi connectivity index (χ1) is 9.95. The molecule has 0 aliphatic rings. The quantitative estimate of drug-likeness (QED) is 0.785. The minimum Gasteiger partial charge on any atom is -0.478 e. The van der Waals surface area contributed by atoms with Crippen LogP contribution in [0.2, 0.25) is 0 Å². The Morgan fingerprint density at radius 2 is 1.86 bits per heavy atom. The highest BCUT2D eigenvalue weighted by atomic mass is 32.1. The van der Waals surface area contributed by atoms with Crippen LogP contribution in [0.4, 0.5) is 8.78 Å². The number of benzene rings is 1. The predicted molar refractivity (Wildman–Crippen MR) is 74.5 cm³/mol. The molecule has 4 nitrogen and oxygen atoms in total. The zero-order chi connectivity index (χ0) is 15.1. The van der Waals surface area contributed by atoms with Crippen LogP contribution in [0.1, 0.15) is 15.4 Å². The topological polar surface area (TPSA) is 63.1 Å².